The Morgan fingerprint density at radius 3 is 2.04 bits per heavy atom. The molecule has 1 unspecified atom stereocenters. The fraction of sp³-hybridized carbons (Fsp3) is 0.333. The lowest BCUT2D eigenvalue weighted by molar-refractivity contribution is -0.132. The smallest absolute Gasteiger partial charge is 0.242 e. The number of benzene rings is 4. The Bertz CT molecular complexity index is 1780. The zero-order valence-corrected chi connectivity index (χ0v) is 28.2. The Morgan fingerprint density at radius 2 is 1.42 bits per heavy atom. The van der Waals surface area contributed by atoms with Crippen molar-refractivity contribution in [2.75, 3.05) is 29.9 Å². The Morgan fingerprint density at radius 1 is 0.833 bits per heavy atom. The number of carbonyl (C=O) groups is 2. The molecule has 1 atom stereocenters. The molecule has 6 heteroatoms. The zero-order chi connectivity index (χ0) is 33.5. The minimum Gasteiger partial charge on any atom is -0.380 e. The normalized spacial score (nSPS) is 19.7. The number of para-hydroxylation sites is 2. The van der Waals surface area contributed by atoms with Crippen LogP contribution in [0.2, 0.25) is 0 Å². The molecule has 0 radical (unpaired) electrons. The Balaban J connectivity index is 1.20. The molecule has 4 aromatic carbocycles. The van der Waals surface area contributed by atoms with Crippen LogP contribution in [-0.4, -0.2) is 41.3 Å². The Hall–Kier alpha value is -4.68. The third kappa shape index (κ3) is 5.94. The van der Waals surface area contributed by atoms with Crippen molar-refractivity contribution in [2.45, 2.75) is 58.1 Å². The molecule has 1 amide bonds. The molecule has 2 aliphatic heterocycles. The van der Waals surface area contributed by atoms with E-state index in [1.54, 1.807) is 0 Å². The highest BCUT2D eigenvalue weighted by Gasteiger charge is 2.44. The molecule has 1 aliphatic carbocycles. The number of aliphatic hydroxyl groups is 1. The zero-order valence-electron chi connectivity index (χ0n) is 28.2. The molecular weight excluding hydrogens is 594 g/mol. The van der Waals surface area contributed by atoms with Gasteiger partial charge >= 0.3 is 0 Å². The van der Waals surface area contributed by atoms with E-state index in [9.17, 15) is 14.7 Å². The Kier molecular flexibility index (Phi) is 8.46. The van der Waals surface area contributed by atoms with E-state index < -0.39 is 11.6 Å². The molecule has 0 saturated carbocycles. The van der Waals surface area contributed by atoms with E-state index in [1.165, 1.54) is 0 Å². The van der Waals surface area contributed by atoms with Crippen molar-refractivity contribution in [3.63, 3.8) is 0 Å². The van der Waals surface area contributed by atoms with Crippen LogP contribution >= 0.6 is 0 Å². The highest BCUT2D eigenvalue weighted by molar-refractivity contribution is 6.02. The molecule has 0 spiro atoms. The predicted molar refractivity (Wildman–Crippen MR) is 192 cm³/mol. The summed E-state index contributed by atoms with van der Waals surface area (Å²) in [6.07, 6.45) is 2.57. The van der Waals surface area contributed by atoms with E-state index in [4.69, 9.17) is 0 Å². The van der Waals surface area contributed by atoms with E-state index in [2.05, 4.69) is 61.3 Å². The minimum atomic E-state index is -1.15. The summed E-state index contributed by atoms with van der Waals surface area (Å²) in [5.74, 6) is 0.105. The SMILES string of the molecule is Cc1ccc(C2C3=C(CC(C)(C)CC3=O)Nc3ccccc3N2CC(=O)N2CCC(C(O)(c3ccccc3)c3ccccc3)CC2)cc1. The van der Waals surface area contributed by atoms with Crippen molar-refractivity contribution in [3.05, 3.63) is 143 Å². The topological polar surface area (TPSA) is 72.9 Å². The molecule has 2 heterocycles. The quantitative estimate of drug-likeness (QED) is 0.225. The van der Waals surface area contributed by atoms with Crippen LogP contribution in [-0.2, 0) is 15.2 Å². The number of aryl methyl sites for hydroxylation is 1. The summed E-state index contributed by atoms with van der Waals surface area (Å²) in [5, 5.41) is 16.1. The molecule has 48 heavy (non-hydrogen) atoms. The first-order valence-corrected chi connectivity index (χ1v) is 17.2. The van der Waals surface area contributed by atoms with Gasteiger partial charge in [-0.2, -0.15) is 0 Å². The van der Waals surface area contributed by atoms with E-state index in [1.807, 2.05) is 83.8 Å². The second kappa shape index (κ2) is 12.7. The summed E-state index contributed by atoms with van der Waals surface area (Å²) in [5.41, 5.74) is 6.12. The van der Waals surface area contributed by atoms with Gasteiger partial charge in [0.15, 0.2) is 5.78 Å². The number of likely N-dealkylation sites (tertiary alicyclic amines) is 1. The number of hydrogen-bond acceptors (Lipinski definition) is 5. The van der Waals surface area contributed by atoms with Gasteiger partial charge in [-0.25, -0.2) is 0 Å². The molecule has 246 valence electrons. The number of hydrogen-bond donors (Lipinski definition) is 2. The molecule has 0 bridgehead atoms. The lowest BCUT2D eigenvalue weighted by Gasteiger charge is -2.43. The molecule has 3 aliphatic rings. The fourth-order valence-electron chi connectivity index (χ4n) is 8.14. The van der Waals surface area contributed by atoms with Crippen LogP contribution in [0.4, 0.5) is 11.4 Å². The number of ketones is 1. The summed E-state index contributed by atoms with van der Waals surface area (Å²) in [6, 6.07) is 35.9. The van der Waals surface area contributed by atoms with Crippen LogP contribution in [0.15, 0.2) is 120 Å². The van der Waals surface area contributed by atoms with Gasteiger partial charge in [-0.1, -0.05) is 116 Å². The average Bonchev–Trinajstić information content (AvgIpc) is 3.23. The number of Topliss-reactive ketones (excluding diaryl/α,β-unsaturated/α-hetero) is 1. The summed E-state index contributed by atoms with van der Waals surface area (Å²) >= 11 is 0. The number of nitrogens with one attached hydrogen (secondary N) is 1. The first kappa shape index (κ1) is 31.9. The number of nitrogens with zero attached hydrogens (tertiary/aromatic N) is 2. The number of rotatable bonds is 6. The first-order chi connectivity index (χ1) is 23.1. The second-order valence-corrected chi connectivity index (χ2v) is 14.6. The predicted octanol–water partition coefficient (Wildman–Crippen LogP) is 7.79. The van der Waals surface area contributed by atoms with Crippen molar-refractivity contribution in [1.82, 2.24) is 4.90 Å². The van der Waals surface area contributed by atoms with Gasteiger partial charge in [0.1, 0.15) is 5.60 Å². The van der Waals surface area contributed by atoms with Crippen LogP contribution in [0.25, 0.3) is 0 Å². The number of allylic oxidation sites excluding steroid dienone is 1. The molecule has 2 N–H and O–H groups in total. The summed E-state index contributed by atoms with van der Waals surface area (Å²) in [4.78, 5) is 32.5. The Labute approximate surface area is 284 Å². The lowest BCUT2D eigenvalue weighted by Crippen LogP contribution is -2.49. The molecular formula is C42H45N3O3. The van der Waals surface area contributed by atoms with E-state index >= 15 is 0 Å². The van der Waals surface area contributed by atoms with Gasteiger partial charge in [0.05, 0.1) is 24.0 Å². The van der Waals surface area contributed by atoms with Gasteiger partial charge in [-0.15, -0.1) is 0 Å². The second-order valence-electron chi connectivity index (χ2n) is 14.6. The van der Waals surface area contributed by atoms with Crippen molar-refractivity contribution in [3.8, 4) is 0 Å². The molecule has 7 rings (SSSR count). The number of carbonyl (C=O) groups excluding carboxylic acids is 2. The van der Waals surface area contributed by atoms with Crippen molar-refractivity contribution < 1.29 is 14.7 Å². The number of amides is 1. The van der Waals surface area contributed by atoms with Crippen molar-refractivity contribution >= 4 is 23.1 Å². The molecule has 1 saturated heterocycles. The van der Waals surface area contributed by atoms with E-state index in [0.717, 1.165) is 51.3 Å². The highest BCUT2D eigenvalue weighted by Crippen LogP contribution is 2.48. The standard InChI is InChI=1S/C42H45N3O3/c1-29-18-20-30(21-19-29)40-39-35(26-41(2,3)27-37(39)46)43-34-16-10-11-17-36(34)45(40)28-38(47)44-24-22-33(23-25-44)42(48,31-12-6-4-7-13-31)32-14-8-5-9-15-32/h4-21,33,40,43,48H,22-28H2,1-3H3. The highest BCUT2D eigenvalue weighted by atomic mass is 16.3. The summed E-state index contributed by atoms with van der Waals surface area (Å²) in [7, 11) is 0. The van der Waals surface area contributed by atoms with Gasteiger partial charge in [-0.05, 0) is 66.3 Å². The van der Waals surface area contributed by atoms with E-state index in [0.29, 0.717) is 32.4 Å². The minimum absolute atomic E-state index is 0.0240. The number of fused-ring (bicyclic) bond motifs is 1. The maximum absolute atomic E-state index is 14.4. The van der Waals surface area contributed by atoms with Crippen LogP contribution in [0, 0.1) is 18.3 Å². The van der Waals surface area contributed by atoms with Gasteiger partial charge in [-0.3, -0.25) is 9.59 Å². The van der Waals surface area contributed by atoms with Crippen LogP contribution < -0.4 is 10.2 Å². The van der Waals surface area contributed by atoms with Gasteiger partial charge in [0, 0.05) is 30.8 Å². The van der Waals surface area contributed by atoms with Crippen LogP contribution in [0.3, 0.4) is 0 Å². The maximum Gasteiger partial charge on any atom is 0.242 e. The lowest BCUT2D eigenvalue weighted by atomic mass is 9.72. The summed E-state index contributed by atoms with van der Waals surface area (Å²) in [6.45, 7) is 7.60. The third-order valence-electron chi connectivity index (χ3n) is 10.6. The molecule has 6 nitrogen and oxygen atoms in total. The fourth-order valence-corrected chi connectivity index (χ4v) is 8.14. The largest absolute Gasteiger partial charge is 0.380 e. The molecule has 4 aromatic rings. The van der Waals surface area contributed by atoms with Crippen LogP contribution in [0.5, 0.6) is 0 Å². The third-order valence-corrected chi connectivity index (χ3v) is 10.6. The maximum atomic E-state index is 14.4. The van der Waals surface area contributed by atoms with E-state index in [-0.39, 0.29) is 29.6 Å². The number of anilines is 2. The van der Waals surface area contributed by atoms with Crippen LogP contribution in [0.1, 0.15) is 67.8 Å². The molecule has 1 fully saturated rings. The van der Waals surface area contributed by atoms with Crippen molar-refractivity contribution in [1.29, 1.82) is 0 Å². The number of piperidine rings is 1. The van der Waals surface area contributed by atoms with Crippen molar-refractivity contribution in [2.24, 2.45) is 11.3 Å². The van der Waals surface area contributed by atoms with Gasteiger partial charge < -0.3 is 20.2 Å². The summed E-state index contributed by atoms with van der Waals surface area (Å²) < 4.78 is 0. The molecule has 0 aromatic heterocycles. The van der Waals surface area contributed by atoms with Gasteiger partial charge in [0.2, 0.25) is 5.91 Å². The monoisotopic (exact) mass is 639 g/mol. The first-order valence-electron chi connectivity index (χ1n) is 17.2. The average molecular weight is 640 g/mol. The van der Waals surface area contributed by atoms with Gasteiger partial charge in [0.25, 0.3) is 0 Å².